The van der Waals surface area contributed by atoms with E-state index < -0.39 is 0 Å². The summed E-state index contributed by atoms with van der Waals surface area (Å²) in [6.07, 6.45) is 1.03. The van der Waals surface area contributed by atoms with Crippen molar-refractivity contribution in [3.05, 3.63) is 76.8 Å². The highest BCUT2D eigenvalue weighted by Crippen LogP contribution is 2.29. The number of nitrogens with one attached hydrogen (secondary N) is 2. The predicted octanol–water partition coefficient (Wildman–Crippen LogP) is 5.49. The molecule has 0 radical (unpaired) electrons. The van der Waals surface area contributed by atoms with E-state index in [-0.39, 0.29) is 5.91 Å². The van der Waals surface area contributed by atoms with Crippen molar-refractivity contribution in [3.8, 4) is 16.9 Å². The van der Waals surface area contributed by atoms with Gasteiger partial charge in [-0.2, -0.15) is 0 Å². The SMILES string of the molecule is CCCNCOc1ccc(NC(=O)c2ccc(-c3ccc(C)cc3Cl)cc2)cc1N. The molecule has 3 aromatic carbocycles. The Morgan fingerprint density at radius 3 is 2.50 bits per heavy atom. The first-order chi connectivity index (χ1) is 14.5. The maximum absolute atomic E-state index is 12.6. The van der Waals surface area contributed by atoms with Gasteiger partial charge in [-0.3, -0.25) is 10.1 Å². The maximum Gasteiger partial charge on any atom is 0.255 e. The number of aryl methyl sites for hydroxylation is 1. The van der Waals surface area contributed by atoms with Crippen LogP contribution in [0.3, 0.4) is 0 Å². The first-order valence-electron chi connectivity index (χ1n) is 9.89. The van der Waals surface area contributed by atoms with Crippen molar-refractivity contribution < 1.29 is 9.53 Å². The van der Waals surface area contributed by atoms with Crippen LogP contribution in [0.4, 0.5) is 11.4 Å². The zero-order valence-corrected chi connectivity index (χ0v) is 17.9. The van der Waals surface area contributed by atoms with Crippen molar-refractivity contribution in [1.29, 1.82) is 0 Å². The molecular formula is C24H26ClN3O2. The Morgan fingerprint density at radius 2 is 1.83 bits per heavy atom. The third-order valence-corrected chi connectivity index (χ3v) is 4.92. The van der Waals surface area contributed by atoms with Crippen molar-refractivity contribution in [2.24, 2.45) is 0 Å². The van der Waals surface area contributed by atoms with Gasteiger partial charge in [0.1, 0.15) is 12.5 Å². The second-order valence-electron chi connectivity index (χ2n) is 7.06. The fourth-order valence-corrected chi connectivity index (χ4v) is 3.34. The van der Waals surface area contributed by atoms with Gasteiger partial charge >= 0.3 is 0 Å². The van der Waals surface area contributed by atoms with Crippen LogP contribution in [0.5, 0.6) is 5.75 Å². The number of nitrogens with two attached hydrogens (primary N) is 1. The van der Waals surface area contributed by atoms with E-state index in [1.807, 2.05) is 37.3 Å². The summed E-state index contributed by atoms with van der Waals surface area (Å²) < 4.78 is 5.60. The second-order valence-corrected chi connectivity index (χ2v) is 7.46. The van der Waals surface area contributed by atoms with Gasteiger partial charge in [0.15, 0.2) is 0 Å². The van der Waals surface area contributed by atoms with Crippen LogP contribution >= 0.6 is 11.6 Å². The van der Waals surface area contributed by atoms with Crippen LogP contribution in [0.15, 0.2) is 60.7 Å². The highest BCUT2D eigenvalue weighted by Gasteiger charge is 2.10. The normalized spacial score (nSPS) is 10.6. The van der Waals surface area contributed by atoms with Crippen molar-refractivity contribution in [2.75, 3.05) is 24.3 Å². The van der Waals surface area contributed by atoms with Crippen LogP contribution in [0.2, 0.25) is 5.02 Å². The Hall–Kier alpha value is -3.02. The summed E-state index contributed by atoms with van der Waals surface area (Å²) in [5, 5.41) is 6.70. The molecule has 0 atom stereocenters. The number of ether oxygens (including phenoxy) is 1. The molecule has 0 aliphatic rings. The van der Waals surface area contributed by atoms with Crippen molar-refractivity contribution in [3.63, 3.8) is 0 Å². The molecular weight excluding hydrogens is 398 g/mol. The molecule has 156 valence electrons. The lowest BCUT2D eigenvalue weighted by Crippen LogP contribution is -2.21. The Bertz CT molecular complexity index is 1020. The number of benzene rings is 3. The molecule has 0 bridgehead atoms. The van der Waals surface area contributed by atoms with Crippen LogP contribution in [0.25, 0.3) is 11.1 Å². The molecule has 0 aliphatic carbocycles. The number of rotatable bonds is 8. The van der Waals surface area contributed by atoms with Gasteiger partial charge in [-0.25, -0.2) is 0 Å². The summed E-state index contributed by atoms with van der Waals surface area (Å²) in [6, 6.07) is 18.5. The van der Waals surface area contributed by atoms with E-state index in [0.717, 1.165) is 29.7 Å². The Kier molecular flexibility index (Phi) is 7.33. The number of carbonyl (C=O) groups excluding carboxylic acids is 1. The van der Waals surface area contributed by atoms with E-state index in [1.54, 1.807) is 30.3 Å². The van der Waals surface area contributed by atoms with Gasteiger partial charge in [-0.1, -0.05) is 42.8 Å². The average Bonchev–Trinajstić information content (AvgIpc) is 2.73. The summed E-state index contributed by atoms with van der Waals surface area (Å²) in [5.41, 5.74) is 10.7. The molecule has 5 nitrogen and oxygen atoms in total. The lowest BCUT2D eigenvalue weighted by atomic mass is 10.0. The standard InChI is InChI=1S/C24H26ClN3O2/c1-3-12-27-15-30-23-11-9-19(14-22(23)26)28-24(29)18-7-5-17(6-8-18)20-10-4-16(2)13-21(20)25/h4-11,13-14,27H,3,12,15,26H2,1-2H3,(H,28,29). The Labute approximate surface area is 182 Å². The molecule has 3 aromatic rings. The van der Waals surface area contributed by atoms with E-state index >= 15 is 0 Å². The first-order valence-corrected chi connectivity index (χ1v) is 10.3. The second kappa shape index (κ2) is 10.1. The molecule has 1 amide bonds. The van der Waals surface area contributed by atoms with Gasteiger partial charge in [-0.05, 0) is 67.4 Å². The predicted molar refractivity (Wildman–Crippen MR) is 124 cm³/mol. The number of carbonyl (C=O) groups is 1. The lowest BCUT2D eigenvalue weighted by molar-refractivity contribution is 0.102. The average molecular weight is 424 g/mol. The fraction of sp³-hybridized carbons (Fsp3) is 0.208. The molecule has 0 unspecified atom stereocenters. The summed E-state index contributed by atoms with van der Waals surface area (Å²) in [5.74, 6) is 0.366. The minimum Gasteiger partial charge on any atom is -0.476 e. The van der Waals surface area contributed by atoms with E-state index in [1.165, 1.54) is 0 Å². The van der Waals surface area contributed by atoms with Gasteiger partial charge < -0.3 is 15.8 Å². The quantitative estimate of drug-likeness (QED) is 0.254. The zero-order valence-electron chi connectivity index (χ0n) is 17.2. The van der Waals surface area contributed by atoms with E-state index in [0.29, 0.717) is 34.4 Å². The number of nitrogen functional groups attached to an aromatic ring is 1. The molecule has 0 saturated carbocycles. The molecule has 0 aliphatic heterocycles. The molecule has 0 aromatic heterocycles. The number of anilines is 2. The Morgan fingerprint density at radius 1 is 1.07 bits per heavy atom. The smallest absolute Gasteiger partial charge is 0.255 e. The summed E-state index contributed by atoms with van der Waals surface area (Å²) >= 11 is 6.34. The Balaban J connectivity index is 1.65. The zero-order chi connectivity index (χ0) is 21.5. The highest BCUT2D eigenvalue weighted by atomic mass is 35.5. The number of hydrogen-bond donors (Lipinski definition) is 3. The first kappa shape index (κ1) is 21.7. The molecule has 0 fully saturated rings. The third kappa shape index (κ3) is 5.53. The number of halogens is 1. The van der Waals surface area contributed by atoms with Crippen LogP contribution in [-0.2, 0) is 0 Å². The number of amides is 1. The van der Waals surface area contributed by atoms with Gasteiger partial charge in [0.2, 0.25) is 0 Å². The van der Waals surface area contributed by atoms with Crippen LogP contribution in [0, 0.1) is 6.92 Å². The van der Waals surface area contributed by atoms with Crippen LogP contribution < -0.4 is 21.1 Å². The largest absolute Gasteiger partial charge is 0.476 e. The monoisotopic (exact) mass is 423 g/mol. The van der Waals surface area contributed by atoms with E-state index in [2.05, 4.69) is 17.6 Å². The minimum atomic E-state index is -0.214. The fourth-order valence-electron chi connectivity index (χ4n) is 2.99. The number of hydrogen-bond acceptors (Lipinski definition) is 4. The van der Waals surface area contributed by atoms with Crippen LogP contribution in [0.1, 0.15) is 29.3 Å². The highest BCUT2D eigenvalue weighted by molar-refractivity contribution is 6.33. The van der Waals surface area contributed by atoms with E-state index in [4.69, 9.17) is 22.1 Å². The van der Waals surface area contributed by atoms with Crippen molar-refractivity contribution in [2.45, 2.75) is 20.3 Å². The molecule has 0 spiro atoms. The van der Waals surface area contributed by atoms with Crippen molar-refractivity contribution >= 4 is 28.9 Å². The van der Waals surface area contributed by atoms with Crippen molar-refractivity contribution in [1.82, 2.24) is 5.32 Å². The molecule has 3 rings (SSSR count). The third-order valence-electron chi connectivity index (χ3n) is 4.61. The molecule has 0 saturated heterocycles. The van der Waals surface area contributed by atoms with Crippen LogP contribution in [-0.4, -0.2) is 19.2 Å². The molecule has 30 heavy (non-hydrogen) atoms. The topological polar surface area (TPSA) is 76.4 Å². The van der Waals surface area contributed by atoms with Gasteiger partial charge in [0, 0.05) is 21.8 Å². The molecule has 4 N–H and O–H groups in total. The maximum atomic E-state index is 12.6. The lowest BCUT2D eigenvalue weighted by Gasteiger charge is -2.12. The minimum absolute atomic E-state index is 0.214. The summed E-state index contributed by atoms with van der Waals surface area (Å²) in [7, 11) is 0. The summed E-state index contributed by atoms with van der Waals surface area (Å²) in [4.78, 5) is 12.6. The van der Waals surface area contributed by atoms with E-state index in [9.17, 15) is 4.79 Å². The summed E-state index contributed by atoms with van der Waals surface area (Å²) in [6.45, 7) is 5.35. The van der Waals surface area contributed by atoms with Gasteiger partial charge in [0.05, 0.1) is 5.69 Å². The van der Waals surface area contributed by atoms with Gasteiger partial charge in [-0.15, -0.1) is 0 Å². The van der Waals surface area contributed by atoms with Gasteiger partial charge in [0.25, 0.3) is 5.91 Å². The molecule has 6 heteroatoms. The molecule has 0 heterocycles.